The number of hydrogen-bond acceptors (Lipinski definition) is 2. The highest BCUT2D eigenvalue weighted by Crippen LogP contribution is 2.21. The zero-order valence-corrected chi connectivity index (χ0v) is 11.9. The van der Waals surface area contributed by atoms with Crippen molar-refractivity contribution in [3.05, 3.63) is 64.2 Å². The number of halogens is 1. The summed E-state index contributed by atoms with van der Waals surface area (Å²) in [6.07, 6.45) is -0.529. The molecule has 0 aliphatic carbocycles. The monoisotopic (exact) mass is 275 g/mol. The highest BCUT2D eigenvalue weighted by molar-refractivity contribution is 6.30. The minimum absolute atomic E-state index is 0.463. The molecule has 2 nitrogen and oxygen atoms in total. The van der Waals surface area contributed by atoms with Crippen molar-refractivity contribution in [2.75, 3.05) is 11.9 Å². The Kier molecular flexibility index (Phi) is 4.46. The van der Waals surface area contributed by atoms with Gasteiger partial charge in [-0.1, -0.05) is 47.5 Å². The van der Waals surface area contributed by atoms with E-state index in [4.69, 9.17) is 11.6 Å². The van der Waals surface area contributed by atoms with E-state index in [1.165, 1.54) is 0 Å². The zero-order chi connectivity index (χ0) is 13.8. The van der Waals surface area contributed by atoms with Gasteiger partial charge in [-0.25, -0.2) is 0 Å². The number of aryl methyl sites for hydroxylation is 2. The Morgan fingerprint density at radius 3 is 2.68 bits per heavy atom. The molecule has 0 fully saturated rings. The molecule has 1 unspecified atom stereocenters. The van der Waals surface area contributed by atoms with Crippen LogP contribution in [0.1, 0.15) is 22.8 Å². The third kappa shape index (κ3) is 3.72. The second-order valence-corrected chi connectivity index (χ2v) is 5.21. The van der Waals surface area contributed by atoms with Crippen LogP contribution in [0, 0.1) is 13.8 Å². The van der Waals surface area contributed by atoms with Crippen molar-refractivity contribution in [2.45, 2.75) is 20.0 Å². The Morgan fingerprint density at radius 2 is 1.95 bits per heavy atom. The topological polar surface area (TPSA) is 32.3 Å². The molecule has 0 heterocycles. The normalized spacial score (nSPS) is 12.2. The summed E-state index contributed by atoms with van der Waals surface area (Å²) in [5.41, 5.74) is 4.14. The number of aliphatic hydroxyl groups excluding tert-OH is 1. The lowest BCUT2D eigenvalue weighted by molar-refractivity contribution is 0.191. The van der Waals surface area contributed by atoms with Crippen LogP contribution in [0.15, 0.2) is 42.5 Å². The summed E-state index contributed by atoms with van der Waals surface area (Å²) in [6.45, 7) is 4.49. The Bertz CT molecular complexity index is 568. The molecule has 0 spiro atoms. The quantitative estimate of drug-likeness (QED) is 0.880. The Morgan fingerprint density at radius 1 is 1.16 bits per heavy atom. The predicted octanol–water partition coefficient (Wildman–Crippen LogP) is 4.10. The molecule has 0 aromatic heterocycles. The Hall–Kier alpha value is -1.51. The van der Waals surface area contributed by atoms with Crippen LogP contribution in [-0.4, -0.2) is 11.7 Å². The summed E-state index contributed by atoms with van der Waals surface area (Å²) < 4.78 is 0. The van der Waals surface area contributed by atoms with E-state index in [-0.39, 0.29) is 0 Å². The highest BCUT2D eigenvalue weighted by atomic mass is 35.5. The van der Waals surface area contributed by atoms with Gasteiger partial charge >= 0.3 is 0 Å². The molecule has 0 saturated carbocycles. The number of rotatable bonds is 4. The van der Waals surface area contributed by atoms with E-state index in [9.17, 15) is 5.11 Å². The van der Waals surface area contributed by atoms with Crippen molar-refractivity contribution in [2.24, 2.45) is 0 Å². The lowest BCUT2D eigenvalue weighted by Gasteiger charge is -2.15. The number of benzene rings is 2. The van der Waals surface area contributed by atoms with Crippen LogP contribution in [0.5, 0.6) is 0 Å². The molecule has 0 aliphatic heterocycles. The van der Waals surface area contributed by atoms with Gasteiger partial charge in [-0.3, -0.25) is 0 Å². The minimum atomic E-state index is -0.529. The van der Waals surface area contributed by atoms with Crippen molar-refractivity contribution in [3.8, 4) is 0 Å². The van der Waals surface area contributed by atoms with Crippen molar-refractivity contribution in [1.29, 1.82) is 0 Å². The molecular formula is C16H18ClNO. The molecule has 1 atom stereocenters. The Labute approximate surface area is 119 Å². The second-order valence-electron chi connectivity index (χ2n) is 4.77. The van der Waals surface area contributed by atoms with E-state index in [0.717, 1.165) is 22.4 Å². The van der Waals surface area contributed by atoms with Gasteiger partial charge in [-0.05, 0) is 37.1 Å². The van der Waals surface area contributed by atoms with E-state index in [2.05, 4.69) is 5.32 Å². The third-order valence-corrected chi connectivity index (χ3v) is 3.35. The first-order chi connectivity index (χ1) is 9.06. The fraction of sp³-hybridized carbons (Fsp3) is 0.250. The van der Waals surface area contributed by atoms with Gasteiger partial charge in [0.25, 0.3) is 0 Å². The number of nitrogens with one attached hydrogen (secondary N) is 1. The maximum atomic E-state index is 10.2. The maximum absolute atomic E-state index is 10.2. The molecule has 19 heavy (non-hydrogen) atoms. The van der Waals surface area contributed by atoms with Crippen LogP contribution in [0.4, 0.5) is 5.69 Å². The van der Waals surface area contributed by atoms with Gasteiger partial charge in [0.2, 0.25) is 0 Å². The summed E-state index contributed by atoms with van der Waals surface area (Å²) >= 11 is 5.97. The lowest BCUT2D eigenvalue weighted by atomic mass is 10.1. The standard InChI is InChI=1S/C16H18ClNO/c1-11-4-3-5-13(8-11)16(19)10-18-15-9-14(17)7-6-12(15)2/h3-9,16,18-19H,10H2,1-2H3. The van der Waals surface area contributed by atoms with Crippen molar-refractivity contribution < 1.29 is 5.11 Å². The molecule has 0 radical (unpaired) electrons. The first kappa shape index (κ1) is 13.9. The van der Waals surface area contributed by atoms with Crippen LogP contribution in [0.3, 0.4) is 0 Å². The van der Waals surface area contributed by atoms with Gasteiger partial charge in [0, 0.05) is 17.3 Å². The molecule has 0 aliphatic rings. The maximum Gasteiger partial charge on any atom is 0.0962 e. The molecule has 2 aromatic rings. The molecule has 0 bridgehead atoms. The van der Waals surface area contributed by atoms with Crippen LogP contribution < -0.4 is 5.32 Å². The number of hydrogen-bond donors (Lipinski definition) is 2. The molecule has 2 N–H and O–H groups in total. The zero-order valence-electron chi connectivity index (χ0n) is 11.2. The summed E-state index contributed by atoms with van der Waals surface area (Å²) in [4.78, 5) is 0. The SMILES string of the molecule is Cc1cccc(C(O)CNc2cc(Cl)ccc2C)c1. The van der Waals surface area contributed by atoms with Gasteiger partial charge in [-0.2, -0.15) is 0 Å². The van der Waals surface area contributed by atoms with Crippen LogP contribution in [0.2, 0.25) is 5.02 Å². The smallest absolute Gasteiger partial charge is 0.0962 e. The summed E-state index contributed by atoms with van der Waals surface area (Å²) in [6, 6.07) is 13.6. The average Bonchev–Trinajstić information content (AvgIpc) is 2.39. The van der Waals surface area contributed by atoms with Gasteiger partial charge < -0.3 is 10.4 Å². The summed E-state index contributed by atoms with van der Waals surface area (Å²) in [5, 5.41) is 14.1. The van der Waals surface area contributed by atoms with Crippen LogP contribution in [0.25, 0.3) is 0 Å². The summed E-state index contributed by atoms with van der Waals surface area (Å²) in [7, 11) is 0. The van der Waals surface area contributed by atoms with Crippen molar-refractivity contribution in [1.82, 2.24) is 0 Å². The van der Waals surface area contributed by atoms with E-state index < -0.39 is 6.10 Å². The first-order valence-corrected chi connectivity index (χ1v) is 6.69. The third-order valence-electron chi connectivity index (χ3n) is 3.11. The van der Waals surface area contributed by atoms with Crippen molar-refractivity contribution in [3.63, 3.8) is 0 Å². The molecule has 100 valence electrons. The molecular weight excluding hydrogens is 258 g/mol. The van der Waals surface area contributed by atoms with Crippen LogP contribution in [-0.2, 0) is 0 Å². The molecule has 0 saturated heterocycles. The van der Waals surface area contributed by atoms with E-state index in [0.29, 0.717) is 11.6 Å². The average molecular weight is 276 g/mol. The molecule has 0 amide bonds. The molecule has 3 heteroatoms. The second kappa shape index (κ2) is 6.09. The fourth-order valence-corrected chi connectivity index (χ4v) is 2.16. The molecule has 2 rings (SSSR count). The molecule has 2 aromatic carbocycles. The highest BCUT2D eigenvalue weighted by Gasteiger charge is 2.08. The Balaban J connectivity index is 2.04. The van der Waals surface area contributed by atoms with E-state index in [1.54, 1.807) is 0 Å². The van der Waals surface area contributed by atoms with Gasteiger partial charge in [0.05, 0.1) is 6.10 Å². The lowest BCUT2D eigenvalue weighted by Crippen LogP contribution is -2.12. The fourth-order valence-electron chi connectivity index (χ4n) is 1.99. The first-order valence-electron chi connectivity index (χ1n) is 6.31. The van der Waals surface area contributed by atoms with Crippen LogP contribution >= 0.6 is 11.6 Å². The number of anilines is 1. The minimum Gasteiger partial charge on any atom is -0.387 e. The van der Waals surface area contributed by atoms with Crippen molar-refractivity contribution >= 4 is 17.3 Å². The predicted molar refractivity (Wildman–Crippen MR) is 80.8 cm³/mol. The van der Waals surface area contributed by atoms with Gasteiger partial charge in [0.15, 0.2) is 0 Å². The number of aliphatic hydroxyl groups is 1. The van der Waals surface area contributed by atoms with Gasteiger partial charge in [0.1, 0.15) is 0 Å². The van der Waals surface area contributed by atoms with E-state index in [1.807, 2.05) is 56.3 Å². The largest absolute Gasteiger partial charge is 0.387 e. The van der Waals surface area contributed by atoms with Gasteiger partial charge in [-0.15, -0.1) is 0 Å². The van der Waals surface area contributed by atoms with E-state index >= 15 is 0 Å². The summed E-state index contributed by atoms with van der Waals surface area (Å²) in [5.74, 6) is 0.